The van der Waals surface area contributed by atoms with Crippen molar-refractivity contribution >= 4 is 11.7 Å². The molecule has 2 aromatic rings. The summed E-state index contributed by atoms with van der Waals surface area (Å²) in [4.78, 5) is 11.7. The summed E-state index contributed by atoms with van der Waals surface area (Å²) in [6.45, 7) is 1.96. The third kappa shape index (κ3) is 4.60. The zero-order chi connectivity index (χ0) is 15.2. The van der Waals surface area contributed by atoms with Crippen molar-refractivity contribution < 1.29 is 13.9 Å². The van der Waals surface area contributed by atoms with Crippen molar-refractivity contribution in [3.8, 4) is 0 Å². The van der Waals surface area contributed by atoms with E-state index in [0.29, 0.717) is 17.7 Å². The molecule has 0 heterocycles. The van der Waals surface area contributed by atoms with Crippen LogP contribution in [0.25, 0.3) is 0 Å². The monoisotopic (exact) mass is 287 g/mol. The van der Waals surface area contributed by atoms with Gasteiger partial charge >= 0.3 is 5.97 Å². The first kappa shape index (κ1) is 15.0. The van der Waals surface area contributed by atoms with Crippen molar-refractivity contribution in [1.82, 2.24) is 0 Å². The van der Waals surface area contributed by atoms with Crippen molar-refractivity contribution in [2.45, 2.75) is 26.4 Å². The van der Waals surface area contributed by atoms with Crippen LogP contribution in [0.4, 0.5) is 10.1 Å². The van der Waals surface area contributed by atoms with Gasteiger partial charge < -0.3 is 10.5 Å². The Bertz CT molecular complexity index is 623. The fourth-order valence-electron chi connectivity index (χ4n) is 1.96. The van der Waals surface area contributed by atoms with E-state index in [1.54, 1.807) is 18.2 Å². The SMILES string of the molecule is Cc1ccc(F)cc1COC(=O)CCc1ccc(N)cc1. The third-order valence-corrected chi connectivity index (χ3v) is 3.30. The Balaban J connectivity index is 1.82. The predicted octanol–water partition coefficient (Wildman–Crippen LogP) is 3.39. The lowest BCUT2D eigenvalue weighted by molar-refractivity contribution is -0.144. The number of benzene rings is 2. The third-order valence-electron chi connectivity index (χ3n) is 3.30. The number of carbonyl (C=O) groups is 1. The maximum absolute atomic E-state index is 13.1. The van der Waals surface area contributed by atoms with Gasteiger partial charge in [0.25, 0.3) is 0 Å². The fraction of sp³-hybridized carbons (Fsp3) is 0.235. The van der Waals surface area contributed by atoms with E-state index < -0.39 is 0 Å². The van der Waals surface area contributed by atoms with Gasteiger partial charge in [0, 0.05) is 12.1 Å². The van der Waals surface area contributed by atoms with E-state index in [4.69, 9.17) is 10.5 Å². The minimum atomic E-state index is -0.325. The summed E-state index contributed by atoms with van der Waals surface area (Å²) in [5.41, 5.74) is 8.92. The molecule has 0 aromatic heterocycles. The number of rotatable bonds is 5. The number of aryl methyl sites for hydroxylation is 2. The molecular formula is C17H18FNO2. The first-order valence-electron chi connectivity index (χ1n) is 6.79. The highest BCUT2D eigenvalue weighted by atomic mass is 19.1. The van der Waals surface area contributed by atoms with Crippen LogP contribution in [0.3, 0.4) is 0 Å². The largest absolute Gasteiger partial charge is 0.461 e. The zero-order valence-electron chi connectivity index (χ0n) is 11.9. The van der Waals surface area contributed by atoms with Gasteiger partial charge in [-0.25, -0.2) is 4.39 Å². The summed E-state index contributed by atoms with van der Waals surface area (Å²) in [5.74, 6) is -0.621. The molecule has 0 aliphatic carbocycles. The topological polar surface area (TPSA) is 52.3 Å². The molecule has 2 rings (SSSR count). The molecule has 0 spiro atoms. The highest BCUT2D eigenvalue weighted by molar-refractivity contribution is 5.69. The number of nitrogens with two attached hydrogens (primary N) is 1. The maximum atomic E-state index is 13.1. The summed E-state index contributed by atoms with van der Waals surface area (Å²) in [6.07, 6.45) is 0.888. The van der Waals surface area contributed by atoms with Gasteiger partial charge in [-0.2, -0.15) is 0 Å². The number of carbonyl (C=O) groups excluding carboxylic acids is 1. The number of halogens is 1. The Morgan fingerprint density at radius 3 is 2.62 bits per heavy atom. The van der Waals surface area contributed by atoms with E-state index in [9.17, 15) is 9.18 Å². The molecule has 0 atom stereocenters. The molecule has 0 amide bonds. The quantitative estimate of drug-likeness (QED) is 0.677. The minimum absolute atomic E-state index is 0.101. The summed E-state index contributed by atoms with van der Waals surface area (Å²) in [6, 6.07) is 11.8. The van der Waals surface area contributed by atoms with Crippen LogP contribution < -0.4 is 5.73 Å². The van der Waals surface area contributed by atoms with E-state index in [1.165, 1.54) is 12.1 Å². The number of hydrogen-bond acceptors (Lipinski definition) is 3. The smallest absolute Gasteiger partial charge is 0.306 e. The molecule has 4 heteroatoms. The van der Waals surface area contributed by atoms with Crippen molar-refractivity contribution in [3.05, 3.63) is 65.0 Å². The average molecular weight is 287 g/mol. The summed E-state index contributed by atoms with van der Waals surface area (Å²) in [5, 5.41) is 0. The van der Waals surface area contributed by atoms with Crippen LogP contribution in [0.2, 0.25) is 0 Å². The van der Waals surface area contributed by atoms with Crippen molar-refractivity contribution in [1.29, 1.82) is 0 Å². The van der Waals surface area contributed by atoms with Crippen molar-refractivity contribution in [2.75, 3.05) is 5.73 Å². The van der Waals surface area contributed by atoms with Crippen molar-refractivity contribution in [2.24, 2.45) is 0 Å². The van der Waals surface area contributed by atoms with E-state index in [0.717, 1.165) is 11.1 Å². The van der Waals surface area contributed by atoms with Gasteiger partial charge in [-0.15, -0.1) is 0 Å². The van der Waals surface area contributed by atoms with Gasteiger partial charge in [0.05, 0.1) is 0 Å². The zero-order valence-corrected chi connectivity index (χ0v) is 11.9. The molecule has 0 unspecified atom stereocenters. The van der Waals surface area contributed by atoms with E-state index in [2.05, 4.69) is 0 Å². The molecular weight excluding hydrogens is 269 g/mol. The van der Waals surface area contributed by atoms with Gasteiger partial charge in [0.2, 0.25) is 0 Å². The Kier molecular flexibility index (Phi) is 4.93. The molecule has 0 saturated carbocycles. The Hall–Kier alpha value is -2.36. The molecule has 0 fully saturated rings. The molecule has 0 aliphatic rings. The lowest BCUT2D eigenvalue weighted by Gasteiger charge is -2.08. The van der Waals surface area contributed by atoms with Gasteiger partial charge in [-0.3, -0.25) is 4.79 Å². The molecule has 3 nitrogen and oxygen atoms in total. The van der Waals surface area contributed by atoms with Gasteiger partial charge in [-0.05, 0) is 54.3 Å². The second kappa shape index (κ2) is 6.88. The molecule has 2 aromatic carbocycles. The number of hydrogen-bond donors (Lipinski definition) is 1. The molecule has 21 heavy (non-hydrogen) atoms. The highest BCUT2D eigenvalue weighted by Gasteiger charge is 2.07. The Labute approximate surface area is 123 Å². The number of nitrogen functional groups attached to an aromatic ring is 1. The number of esters is 1. The summed E-state index contributed by atoms with van der Waals surface area (Å²) >= 11 is 0. The molecule has 0 radical (unpaired) electrons. The van der Waals surface area contributed by atoms with Crippen LogP contribution in [0.15, 0.2) is 42.5 Å². The van der Waals surface area contributed by atoms with Crippen LogP contribution >= 0.6 is 0 Å². The Morgan fingerprint density at radius 2 is 1.90 bits per heavy atom. The lowest BCUT2D eigenvalue weighted by Crippen LogP contribution is -2.07. The van der Waals surface area contributed by atoms with Crippen LogP contribution in [0, 0.1) is 12.7 Å². The minimum Gasteiger partial charge on any atom is -0.461 e. The van der Waals surface area contributed by atoms with Crippen LogP contribution in [-0.4, -0.2) is 5.97 Å². The van der Waals surface area contributed by atoms with E-state index in [-0.39, 0.29) is 24.8 Å². The number of anilines is 1. The molecule has 2 N–H and O–H groups in total. The van der Waals surface area contributed by atoms with Gasteiger partial charge in [0.15, 0.2) is 0 Å². The second-order valence-corrected chi connectivity index (χ2v) is 4.97. The van der Waals surface area contributed by atoms with Crippen molar-refractivity contribution in [3.63, 3.8) is 0 Å². The first-order chi connectivity index (χ1) is 10.0. The Morgan fingerprint density at radius 1 is 1.19 bits per heavy atom. The van der Waals surface area contributed by atoms with Crippen LogP contribution in [-0.2, 0) is 22.6 Å². The van der Waals surface area contributed by atoms with Crippen LogP contribution in [0.5, 0.6) is 0 Å². The second-order valence-electron chi connectivity index (χ2n) is 4.97. The first-order valence-corrected chi connectivity index (χ1v) is 6.79. The standard InChI is InChI=1S/C17H18FNO2/c1-12-2-6-15(18)10-14(12)11-21-17(20)9-5-13-3-7-16(19)8-4-13/h2-4,6-8,10H,5,9,11,19H2,1H3. The normalized spacial score (nSPS) is 10.4. The maximum Gasteiger partial charge on any atom is 0.306 e. The van der Waals surface area contributed by atoms with E-state index in [1.807, 2.05) is 19.1 Å². The van der Waals surface area contributed by atoms with E-state index >= 15 is 0 Å². The number of ether oxygens (including phenoxy) is 1. The summed E-state index contributed by atoms with van der Waals surface area (Å²) in [7, 11) is 0. The summed E-state index contributed by atoms with van der Waals surface area (Å²) < 4.78 is 18.3. The molecule has 110 valence electrons. The van der Waals surface area contributed by atoms with Crippen LogP contribution in [0.1, 0.15) is 23.1 Å². The van der Waals surface area contributed by atoms with Gasteiger partial charge in [-0.1, -0.05) is 18.2 Å². The predicted molar refractivity (Wildman–Crippen MR) is 80.1 cm³/mol. The lowest BCUT2D eigenvalue weighted by atomic mass is 10.1. The molecule has 0 bridgehead atoms. The van der Waals surface area contributed by atoms with Gasteiger partial charge in [0.1, 0.15) is 12.4 Å². The highest BCUT2D eigenvalue weighted by Crippen LogP contribution is 2.13. The molecule has 0 aliphatic heterocycles. The average Bonchev–Trinajstić information content (AvgIpc) is 2.47. The fourth-order valence-corrected chi connectivity index (χ4v) is 1.96. The molecule has 0 saturated heterocycles.